The van der Waals surface area contributed by atoms with Crippen LogP contribution < -0.4 is 10.0 Å². The van der Waals surface area contributed by atoms with E-state index in [1.165, 1.54) is 6.07 Å². The van der Waals surface area contributed by atoms with E-state index in [4.69, 9.17) is 0 Å². The molecule has 28 heavy (non-hydrogen) atoms. The average Bonchev–Trinajstić information content (AvgIpc) is 3.14. The fourth-order valence-corrected chi connectivity index (χ4v) is 5.21. The molecule has 1 heterocycles. The molecule has 0 unspecified atom stereocenters. The van der Waals surface area contributed by atoms with Crippen molar-refractivity contribution in [1.82, 2.24) is 4.72 Å². The van der Waals surface area contributed by atoms with E-state index in [1.54, 1.807) is 43.8 Å². The van der Waals surface area contributed by atoms with E-state index < -0.39 is 22.0 Å². The number of carbonyl (C=O) groups is 1. The summed E-state index contributed by atoms with van der Waals surface area (Å²) in [6.45, 7) is 3.58. The van der Waals surface area contributed by atoms with Crippen molar-refractivity contribution in [3.05, 3.63) is 42.5 Å². The normalized spacial score (nSPS) is 13.9. The van der Waals surface area contributed by atoms with Gasteiger partial charge in [0.1, 0.15) is 22.3 Å². The molecule has 1 aliphatic rings. The predicted octanol–water partition coefficient (Wildman–Crippen LogP) is 4.08. The molecule has 0 saturated carbocycles. The number of hydrogen-bond acceptors (Lipinski definition) is 6. The van der Waals surface area contributed by atoms with Crippen molar-refractivity contribution in [2.24, 2.45) is 14.6 Å². The van der Waals surface area contributed by atoms with Gasteiger partial charge in [-0.2, -0.15) is 13.4 Å². The van der Waals surface area contributed by atoms with Gasteiger partial charge in [-0.05, 0) is 42.5 Å². The molecule has 0 fully saturated rings. The van der Waals surface area contributed by atoms with Crippen molar-refractivity contribution < 1.29 is 13.2 Å². The van der Waals surface area contributed by atoms with E-state index >= 15 is 0 Å². The molecule has 2 aromatic rings. The van der Waals surface area contributed by atoms with Crippen molar-refractivity contribution in [1.29, 1.82) is 0 Å². The van der Waals surface area contributed by atoms with Crippen LogP contribution in [0.1, 0.15) is 13.8 Å². The zero-order chi connectivity index (χ0) is 20.3. The van der Waals surface area contributed by atoms with Crippen LogP contribution >= 0.6 is 11.8 Å². The highest BCUT2D eigenvalue weighted by Crippen LogP contribution is 2.37. The van der Waals surface area contributed by atoms with Crippen molar-refractivity contribution in [3.8, 4) is 0 Å². The van der Waals surface area contributed by atoms with Crippen LogP contribution in [-0.2, 0) is 26.2 Å². The molecule has 0 aromatic heterocycles. The molecule has 148 valence electrons. The number of benzene rings is 2. The smallest absolute Gasteiger partial charge is 0.243 e. The number of hydrogen-bond donors (Lipinski definition) is 2. The molecule has 2 N–H and O–H groups in total. The van der Waals surface area contributed by atoms with E-state index in [9.17, 15) is 13.2 Å². The number of fused-ring (bicyclic) bond motifs is 1. The first-order chi connectivity index (χ1) is 13.3. The number of amides is 1. The van der Waals surface area contributed by atoms with Crippen molar-refractivity contribution in [2.75, 3.05) is 11.6 Å². The van der Waals surface area contributed by atoms with Gasteiger partial charge in [0.2, 0.25) is 15.9 Å². The minimum Gasteiger partial charge on any atom is -0.325 e. The summed E-state index contributed by atoms with van der Waals surface area (Å²) in [5.74, 6) is -0.674. The maximum atomic E-state index is 13.0. The third-order valence-electron chi connectivity index (χ3n) is 4.11. The second kappa shape index (κ2) is 8.56. The zero-order valence-corrected chi connectivity index (χ0v) is 18.0. The Bertz CT molecular complexity index is 1080. The Balaban J connectivity index is 1.84. The molecule has 2 aromatic carbocycles. The van der Waals surface area contributed by atoms with Crippen LogP contribution in [-0.4, -0.2) is 26.6 Å². The highest BCUT2D eigenvalue weighted by atomic mass is 32.2. The summed E-state index contributed by atoms with van der Waals surface area (Å²) in [6.07, 6.45) is 1.94. The highest BCUT2D eigenvalue weighted by molar-refractivity contribution is 7.98. The van der Waals surface area contributed by atoms with Gasteiger partial charge in [-0.1, -0.05) is 26.0 Å². The number of carbonyl (C=O) groups excluding carboxylic acids is 1. The Morgan fingerprint density at radius 3 is 2.61 bits per heavy atom. The average molecular weight is 437 g/mol. The number of rotatable bonds is 7. The summed E-state index contributed by atoms with van der Waals surface area (Å²) in [5, 5.41) is 2.80. The molecule has 1 amide bonds. The molecule has 0 spiro atoms. The van der Waals surface area contributed by atoms with E-state index in [2.05, 4.69) is 18.8 Å². The van der Waals surface area contributed by atoms with Gasteiger partial charge < -0.3 is 5.32 Å². The summed E-state index contributed by atoms with van der Waals surface area (Å²) in [7, 11) is -3.96. The largest absolute Gasteiger partial charge is 0.325 e. The van der Waals surface area contributed by atoms with Crippen LogP contribution in [0.15, 0.2) is 61.0 Å². The molecule has 1 aliphatic heterocycles. The SMILES string of the molecule is CSc1cccc(NC(=O)[C@@H](NS(=O)(=O)c2cccc3c2N=S=N3)C(C)C)c1. The lowest BCUT2D eigenvalue weighted by Crippen LogP contribution is -2.47. The minimum atomic E-state index is -3.96. The predicted molar refractivity (Wildman–Crippen MR) is 114 cm³/mol. The summed E-state index contributed by atoms with van der Waals surface area (Å²) < 4.78 is 36.6. The fraction of sp³-hybridized carbons (Fsp3) is 0.278. The standard InChI is InChI=1S/C18H20N4O3S3/c1-11(2)16(18(23)19-12-6-4-7-13(10-12)26-3)22-28(24,25)15-9-5-8-14-17(15)21-27-20-14/h4-11,16,22H,1-3H3,(H,19,23)/t16-/m0/s1. The summed E-state index contributed by atoms with van der Waals surface area (Å²) in [5.41, 5.74) is 1.43. The lowest BCUT2D eigenvalue weighted by molar-refractivity contribution is -0.118. The third-order valence-corrected chi connectivity index (χ3v) is 6.85. The lowest BCUT2D eigenvalue weighted by atomic mass is 10.0. The van der Waals surface area contributed by atoms with Crippen LogP contribution in [0.2, 0.25) is 0 Å². The number of anilines is 1. The number of nitrogens with zero attached hydrogens (tertiary/aromatic N) is 2. The van der Waals surface area contributed by atoms with Gasteiger partial charge in [-0.25, -0.2) is 8.42 Å². The molecular formula is C18H20N4O3S3. The van der Waals surface area contributed by atoms with Crippen molar-refractivity contribution in [2.45, 2.75) is 29.7 Å². The van der Waals surface area contributed by atoms with E-state index in [1.807, 2.05) is 24.5 Å². The van der Waals surface area contributed by atoms with Crippen LogP contribution in [0.25, 0.3) is 0 Å². The van der Waals surface area contributed by atoms with Crippen molar-refractivity contribution in [3.63, 3.8) is 0 Å². The third kappa shape index (κ3) is 4.52. The van der Waals surface area contributed by atoms with E-state index in [0.29, 0.717) is 17.1 Å². The second-order valence-corrected chi connectivity index (χ2v) is 9.54. The van der Waals surface area contributed by atoms with E-state index in [0.717, 1.165) is 16.3 Å². The number of thioether (sulfide) groups is 1. The topological polar surface area (TPSA) is 100.0 Å². The van der Waals surface area contributed by atoms with E-state index in [-0.39, 0.29) is 10.8 Å². The molecule has 1 atom stereocenters. The summed E-state index contributed by atoms with van der Waals surface area (Å²) >= 11 is 2.51. The van der Waals surface area contributed by atoms with Crippen LogP contribution in [0, 0.1) is 5.92 Å². The van der Waals surface area contributed by atoms with Gasteiger partial charge in [0.25, 0.3) is 0 Å². The summed E-state index contributed by atoms with van der Waals surface area (Å²) in [6, 6.07) is 11.2. The Hall–Kier alpha value is -2.01. The fourth-order valence-electron chi connectivity index (χ4n) is 2.64. The molecule has 0 bridgehead atoms. The Morgan fingerprint density at radius 2 is 1.89 bits per heavy atom. The van der Waals surface area contributed by atoms with Gasteiger partial charge in [-0.3, -0.25) is 4.79 Å². The maximum absolute atomic E-state index is 13.0. The highest BCUT2D eigenvalue weighted by Gasteiger charge is 2.31. The lowest BCUT2D eigenvalue weighted by Gasteiger charge is -2.22. The number of nitrogens with one attached hydrogen (secondary N) is 2. The maximum Gasteiger partial charge on any atom is 0.243 e. The molecule has 10 heteroatoms. The Labute approximate surface area is 172 Å². The summed E-state index contributed by atoms with van der Waals surface area (Å²) in [4.78, 5) is 13.8. The van der Waals surface area contributed by atoms with Crippen molar-refractivity contribution >= 4 is 56.1 Å². The molecule has 0 radical (unpaired) electrons. The monoisotopic (exact) mass is 436 g/mol. The number of sulfonamides is 1. The molecule has 3 rings (SSSR count). The molecule has 0 saturated heterocycles. The molecule has 0 aliphatic carbocycles. The minimum absolute atomic E-state index is 0.0154. The van der Waals surface area contributed by atoms with Crippen LogP contribution in [0.3, 0.4) is 0 Å². The first kappa shape index (κ1) is 20.7. The van der Waals surface area contributed by atoms with Gasteiger partial charge in [0, 0.05) is 10.6 Å². The van der Waals surface area contributed by atoms with Gasteiger partial charge in [0.15, 0.2) is 0 Å². The quantitative estimate of drug-likeness (QED) is 0.545. The first-order valence-corrected chi connectivity index (χ1v) is 11.9. The Kier molecular flexibility index (Phi) is 6.33. The molecule has 7 nitrogen and oxygen atoms in total. The van der Waals surface area contributed by atoms with Gasteiger partial charge in [0.05, 0.1) is 11.4 Å². The second-order valence-electron chi connectivity index (χ2n) is 6.45. The van der Waals surface area contributed by atoms with Crippen LogP contribution in [0.5, 0.6) is 0 Å². The first-order valence-electron chi connectivity index (χ1n) is 8.50. The molecular weight excluding hydrogens is 416 g/mol. The Morgan fingerprint density at radius 1 is 1.14 bits per heavy atom. The van der Waals surface area contributed by atoms with Crippen LogP contribution in [0.4, 0.5) is 17.1 Å². The van der Waals surface area contributed by atoms with Gasteiger partial charge in [-0.15, -0.1) is 11.8 Å². The van der Waals surface area contributed by atoms with Gasteiger partial charge >= 0.3 is 0 Å². The zero-order valence-electron chi connectivity index (χ0n) is 15.5.